The summed E-state index contributed by atoms with van der Waals surface area (Å²) in [5.41, 5.74) is 1.10. The summed E-state index contributed by atoms with van der Waals surface area (Å²) < 4.78 is 6.75. The van der Waals surface area contributed by atoms with Crippen molar-refractivity contribution in [3.63, 3.8) is 0 Å². The lowest BCUT2D eigenvalue weighted by Crippen LogP contribution is -3.00. The highest BCUT2D eigenvalue weighted by molar-refractivity contribution is 9.10. The van der Waals surface area contributed by atoms with Crippen molar-refractivity contribution in [3.8, 4) is 11.3 Å². The fraction of sp³-hybridized carbons (Fsp3) is 0.167. The first-order chi connectivity index (χ1) is 7.29. The molecule has 0 saturated heterocycles. The van der Waals surface area contributed by atoms with Crippen LogP contribution in [0.1, 0.15) is 5.76 Å². The molecule has 0 spiro atoms. The van der Waals surface area contributed by atoms with Crippen LogP contribution in [0.5, 0.6) is 0 Å². The highest BCUT2D eigenvalue weighted by Gasteiger charge is 2.03. The van der Waals surface area contributed by atoms with Gasteiger partial charge in [-0.1, -0.05) is 28.1 Å². The average molecular weight is 302 g/mol. The maximum atomic E-state index is 5.67. The van der Waals surface area contributed by atoms with Crippen molar-refractivity contribution < 1.29 is 16.8 Å². The van der Waals surface area contributed by atoms with E-state index < -0.39 is 0 Å². The van der Waals surface area contributed by atoms with Gasteiger partial charge in [0, 0.05) is 10.0 Å². The van der Waals surface area contributed by atoms with Gasteiger partial charge >= 0.3 is 0 Å². The molecule has 2 aromatic rings. The molecule has 0 bridgehead atoms. The summed E-state index contributed by atoms with van der Waals surface area (Å²) in [6.45, 7) is 0.760. The number of nitrogens with one attached hydrogen (secondary N) is 1. The molecule has 2 rings (SSSR count). The van der Waals surface area contributed by atoms with E-state index in [1.165, 1.54) is 0 Å². The molecule has 16 heavy (non-hydrogen) atoms. The largest absolute Gasteiger partial charge is 1.00 e. The molecule has 0 aliphatic rings. The molecular weight excluding hydrogens is 289 g/mol. The standard InChI is InChI=1S/C12H12BrNO.ClH/c1-14-8-11-6-7-12(15-11)9-2-4-10(13)5-3-9;/h2-7,14H,8H2,1H3;1H/p-1. The van der Waals surface area contributed by atoms with Crippen LogP contribution in [-0.4, -0.2) is 7.05 Å². The van der Waals surface area contributed by atoms with Gasteiger partial charge in [0.2, 0.25) is 0 Å². The summed E-state index contributed by atoms with van der Waals surface area (Å²) in [4.78, 5) is 0. The molecule has 1 N–H and O–H groups in total. The van der Waals surface area contributed by atoms with E-state index in [0.717, 1.165) is 28.1 Å². The third-order valence-corrected chi connectivity index (χ3v) is 2.67. The van der Waals surface area contributed by atoms with Crippen LogP contribution in [-0.2, 0) is 6.54 Å². The van der Waals surface area contributed by atoms with Gasteiger partial charge in [0.05, 0.1) is 6.54 Å². The Balaban J connectivity index is 0.00000128. The van der Waals surface area contributed by atoms with Gasteiger partial charge in [-0.05, 0) is 31.3 Å². The summed E-state index contributed by atoms with van der Waals surface area (Å²) in [6, 6.07) is 12.1. The van der Waals surface area contributed by atoms with E-state index in [9.17, 15) is 0 Å². The third kappa shape index (κ3) is 3.11. The fourth-order valence-corrected chi connectivity index (χ4v) is 1.68. The fourth-order valence-electron chi connectivity index (χ4n) is 1.42. The van der Waals surface area contributed by atoms with Crippen molar-refractivity contribution in [2.75, 3.05) is 7.05 Å². The second kappa shape index (κ2) is 6.09. The molecule has 0 aliphatic heterocycles. The third-order valence-electron chi connectivity index (χ3n) is 2.14. The van der Waals surface area contributed by atoms with E-state index in [1.807, 2.05) is 43.4 Å². The summed E-state index contributed by atoms with van der Waals surface area (Å²) in [7, 11) is 1.90. The minimum Gasteiger partial charge on any atom is -1.00 e. The van der Waals surface area contributed by atoms with Crippen LogP contribution < -0.4 is 17.7 Å². The molecule has 0 amide bonds. The summed E-state index contributed by atoms with van der Waals surface area (Å²) in [5.74, 6) is 1.86. The Hall–Kier alpha value is -0.770. The van der Waals surface area contributed by atoms with E-state index in [0.29, 0.717) is 0 Å². The van der Waals surface area contributed by atoms with E-state index in [2.05, 4.69) is 21.2 Å². The SMILES string of the molecule is CNCc1ccc(-c2ccc(Br)cc2)o1.[Cl-]. The van der Waals surface area contributed by atoms with Crippen molar-refractivity contribution in [1.29, 1.82) is 0 Å². The quantitative estimate of drug-likeness (QED) is 0.890. The van der Waals surface area contributed by atoms with Crippen molar-refractivity contribution >= 4 is 15.9 Å². The molecule has 0 unspecified atom stereocenters. The monoisotopic (exact) mass is 300 g/mol. The highest BCUT2D eigenvalue weighted by Crippen LogP contribution is 2.23. The van der Waals surface area contributed by atoms with Crippen molar-refractivity contribution in [1.82, 2.24) is 5.32 Å². The van der Waals surface area contributed by atoms with Crippen LogP contribution in [0.25, 0.3) is 11.3 Å². The predicted octanol–water partition coefficient (Wildman–Crippen LogP) is 0.432. The van der Waals surface area contributed by atoms with Crippen LogP contribution in [0.15, 0.2) is 45.3 Å². The van der Waals surface area contributed by atoms with Crippen molar-refractivity contribution in [3.05, 3.63) is 46.6 Å². The van der Waals surface area contributed by atoms with E-state index >= 15 is 0 Å². The highest BCUT2D eigenvalue weighted by atomic mass is 79.9. The first kappa shape index (κ1) is 13.3. The first-order valence-electron chi connectivity index (χ1n) is 4.79. The van der Waals surface area contributed by atoms with Crippen LogP contribution >= 0.6 is 15.9 Å². The van der Waals surface area contributed by atoms with Gasteiger partial charge in [-0.2, -0.15) is 0 Å². The number of halogens is 2. The lowest BCUT2D eigenvalue weighted by Gasteiger charge is -1.97. The van der Waals surface area contributed by atoms with E-state index in [1.54, 1.807) is 0 Å². The smallest absolute Gasteiger partial charge is 0.134 e. The van der Waals surface area contributed by atoms with Gasteiger partial charge < -0.3 is 22.1 Å². The van der Waals surface area contributed by atoms with Gasteiger partial charge in [0.15, 0.2) is 0 Å². The van der Waals surface area contributed by atoms with Gasteiger partial charge in [0.1, 0.15) is 11.5 Å². The Labute approximate surface area is 110 Å². The maximum Gasteiger partial charge on any atom is 0.134 e. The molecule has 0 aliphatic carbocycles. The Morgan fingerprint density at radius 3 is 2.44 bits per heavy atom. The molecule has 86 valence electrons. The van der Waals surface area contributed by atoms with Crippen LogP contribution in [0, 0.1) is 0 Å². The first-order valence-corrected chi connectivity index (χ1v) is 5.58. The average Bonchev–Trinajstić information content (AvgIpc) is 2.68. The Morgan fingerprint density at radius 1 is 1.12 bits per heavy atom. The Morgan fingerprint density at radius 2 is 1.81 bits per heavy atom. The zero-order valence-corrected chi connectivity index (χ0v) is 11.2. The Kier molecular flexibility index (Phi) is 5.06. The number of furan rings is 1. The minimum atomic E-state index is 0. The van der Waals surface area contributed by atoms with E-state index in [4.69, 9.17) is 4.42 Å². The predicted molar refractivity (Wildman–Crippen MR) is 64.6 cm³/mol. The lowest BCUT2D eigenvalue weighted by molar-refractivity contribution is -0.00000352. The normalized spacial score (nSPS) is 9.88. The van der Waals surface area contributed by atoms with Gasteiger partial charge in [0.25, 0.3) is 0 Å². The molecule has 0 atom stereocenters. The summed E-state index contributed by atoms with van der Waals surface area (Å²) >= 11 is 3.41. The van der Waals surface area contributed by atoms with Gasteiger partial charge in [-0.25, -0.2) is 0 Å². The zero-order valence-electron chi connectivity index (χ0n) is 8.84. The van der Waals surface area contributed by atoms with Crippen LogP contribution in [0.2, 0.25) is 0 Å². The van der Waals surface area contributed by atoms with Crippen molar-refractivity contribution in [2.45, 2.75) is 6.54 Å². The molecule has 2 nitrogen and oxygen atoms in total. The van der Waals surface area contributed by atoms with E-state index in [-0.39, 0.29) is 12.4 Å². The molecule has 1 aromatic heterocycles. The number of rotatable bonds is 3. The lowest BCUT2D eigenvalue weighted by atomic mass is 10.2. The van der Waals surface area contributed by atoms with Crippen LogP contribution in [0.4, 0.5) is 0 Å². The van der Waals surface area contributed by atoms with Gasteiger partial charge in [-0.15, -0.1) is 0 Å². The van der Waals surface area contributed by atoms with Gasteiger partial charge in [-0.3, -0.25) is 0 Å². The summed E-state index contributed by atoms with van der Waals surface area (Å²) in [5, 5.41) is 3.06. The molecule has 4 heteroatoms. The minimum absolute atomic E-state index is 0. The molecule has 1 aromatic carbocycles. The molecule has 0 radical (unpaired) electrons. The van der Waals surface area contributed by atoms with Crippen LogP contribution in [0.3, 0.4) is 0 Å². The molecule has 0 fully saturated rings. The zero-order chi connectivity index (χ0) is 10.7. The number of hydrogen-bond acceptors (Lipinski definition) is 2. The second-order valence-corrected chi connectivity index (χ2v) is 4.22. The molecular formula is C12H12BrClNO-. The number of benzene rings is 1. The number of hydrogen-bond donors (Lipinski definition) is 1. The Bertz CT molecular complexity index is 439. The second-order valence-electron chi connectivity index (χ2n) is 3.30. The molecule has 0 saturated carbocycles. The van der Waals surface area contributed by atoms with Crippen molar-refractivity contribution in [2.24, 2.45) is 0 Å². The maximum absolute atomic E-state index is 5.67. The molecule has 1 heterocycles. The summed E-state index contributed by atoms with van der Waals surface area (Å²) in [6.07, 6.45) is 0. The topological polar surface area (TPSA) is 25.2 Å².